The SMILES string of the molecule is CC(C)(CCNC(=S)NCCNC(=S)NCCC(C)(C)C(=O)O)C(=O)O. The van der Waals surface area contributed by atoms with Crippen LogP contribution in [0, 0.1) is 10.8 Å². The quantitative estimate of drug-likeness (QED) is 0.218. The summed E-state index contributed by atoms with van der Waals surface area (Å²) in [6.45, 7) is 8.70. The van der Waals surface area contributed by atoms with Crippen LogP contribution >= 0.6 is 24.4 Å². The maximum Gasteiger partial charge on any atom is 0.309 e. The minimum atomic E-state index is -0.838. The van der Waals surface area contributed by atoms with Crippen LogP contribution in [-0.4, -0.2) is 58.6 Å². The molecule has 0 amide bonds. The molecule has 0 spiro atoms. The molecular formula is C16H30N4O4S2. The highest BCUT2D eigenvalue weighted by Gasteiger charge is 2.27. The molecule has 150 valence electrons. The molecule has 0 aromatic rings. The Hall–Kier alpha value is -1.68. The van der Waals surface area contributed by atoms with Crippen molar-refractivity contribution >= 4 is 46.6 Å². The number of carboxylic acid groups (broad SMARTS) is 2. The van der Waals surface area contributed by atoms with Gasteiger partial charge in [-0.3, -0.25) is 9.59 Å². The van der Waals surface area contributed by atoms with E-state index in [2.05, 4.69) is 21.3 Å². The van der Waals surface area contributed by atoms with Crippen molar-refractivity contribution in [2.45, 2.75) is 40.5 Å². The summed E-state index contributed by atoms with van der Waals surface area (Å²) in [5, 5.41) is 30.9. The van der Waals surface area contributed by atoms with Gasteiger partial charge in [0.15, 0.2) is 10.2 Å². The minimum Gasteiger partial charge on any atom is -0.481 e. The zero-order valence-electron chi connectivity index (χ0n) is 15.8. The van der Waals surface area contributed by atoms with E-state index < -0.39 is 22.8 Å². The highest BCUT2D eigenvalue weighted by Crippen LogP contribution is 2.19. The third kappa shape index (κ3) is 10.3. The normalized spacial score (nSPS) is 11.4. The van der Waals surface area contributed by atoms with Crippen LogP contribution in [0.5, 0.6) is 0 Å². The van der Waals surface area contributed by atoms with Crippen molar-refractivity contribution in [1.29, 1.82) is 0 Å². The summed E-state index contributed by atoms with van der Waals surface area (Å²) in [5.41, 5.74) is -1.59. The van der Waals surface area contributed by atoms with Gasteiger partial charge < -0.3 is 31.5 Å². The fourth-order valence-corrected chi connectivity index (χ4v) is 2.08. The van der Waals surface area contributed by atoms with Gasteiger partial charge in [-0.25, -0.2) is 0 Å². The molecule has 0 radical (unpaired) electrons. The topological polar surface area (TPSA) is 123 Å². The zero-order chi connectivity index (χ0) is 20.4. The van der Waals surface area contributed by atoms with Gasteiger partial charge in [0.2, 0.25) is 0 Å². The van der Waals surface area contributed by atoms with Crippen LogP contribution in [0.15, 0.2) is 0 Å². The molecule has 0 saturated carbocycles. The van der Waals surface area contributed by atoms with Gasteiger partial charge in [-0.1, -0.05) is 0 Å². The van der Waals surface area contributed by atoms with Crippen LogP contribution in [0.25, 0.3) is 0 Å². The van der Waals surface area contributed by atoms with E-state index in [1.54, 1.807) is 27.7 Å². The van der Waals surface area contributed by atoms with Crippen LogP contribution in [-0.2, 0) is 9.59 Å². The third-order valence-corrected chi connectivity index (χ3v) is 4.50. The van der Waals surface area contributed by atoms with Crippen molar-refractivity contribution in [3.63, 3.8) is 0 Å². The Morgan fingerprint density at radius 1 is 0.692 bits per heavy atom. The molecule has 26 heavy (non-hydrogen) atoms. The monoisotopic (exact) mass is 406 g/mol. The number of hydrogen-bond acceptors (Lipinski definition) is 4. The first-order chi connectivity index (χ1) is 11.9. The Labute approximate surface area is 165 Å². The first kappa shape index (κ1) is 24.3. The molecule has 6 N–H and O–H groups in total. The summed E-state index contributed by atoms with van der Waals surface area (Å²) < 4.78 is 0. The summed E-state index contributed by atoms with van der Waals surface area (Å²) in [5.74, 6) is -1.68. The zero-order valence-corrected chi connectivity index (χ0v) is 17.4. The number of thiocarbonyl (C=S) groups is 2. The first-order valence-electron chi connectivity index (χ1n) is 8.39. The molecule has 0 bridgehead atoms. The molecule has 0 aliphatic heterocycles. The lowest BCUT2D eigenvalue weighted by Gasteiger charge is -2.20. The minimum absolute atomic E-state index is 0.454. The number of nitrogens with one attached hydrogen (secondary N) is 4. The van der Waals surface area contributed by atoms with E-state index in [9.17, 15) is 9.59 Å². The molecule has 0 aromatic carbocycles. The van der Waals surface area contributed by atoms with Crippen molar-refractivity contribution in [3.05, 3.63) is 0 Å². The Kier molecular flexibility index (Phi) is 10.4. The second-order valence-electron chi connectivity index (χ2n) is 7.24. The van der Waals surface area contributed by atoms with Gasteiger partial charge in [0, 0.05) is 26.2 Å². The van der Waals surface area contributed by atoms with Crippen LogP contribution in [0.4, 0.5) is 0 Å². The van der Waals surface area contributed by atoms with E-state index in [0.29, 0.717) is 49.2 Å². The van der Waals surface area contributed by atoms with Crippen molar-refractivity contribution < 1.29 is 19.8 Å². The summed E-state index contributed by atoms with van der Waals surface area (Å²) >= 11 is 10.2. The Morgan fingerprint density at radius 3 is 1.23 bits per heavy atom. The molecule has 0 heterocycles. The van der Waals surface area contributed by atoms with Gasteiger partial charge in [-0.15, -0.1) is 0 Å². The molecule has 0 aliphatic rings. The Morgan fingerprint density at radius 2 is 0.962 bits per heavy atom. The van der Waals surface area contributed by atoms with Crippen LogP contribution in [0.3, 0.4) is 0 Å². The highest BCUT2D eigenvalue weighted by atomic mass is 32.1. The Bertz CT molecular complexity index is 478. The van der Waals surface area contributed by atoms with E-state index in [4.69, 9.17) is 34.6 Å². The standard InChI is InChI=1S/C16H30N4O4S2/c1-15(2,11(21)22)5-7-17-13(25)19-9-10-20-14(26)18-8-6-16(3,4)12(23)24/h5-10H2,1-4H3,(H,21,22)(H,23,24)(H2,17,19,25)(H2,18,20,26). The number of hydrogen-bond donors (Lipinski definition) is 6. The van der Waals surface area contributed by atoms with Gasteiger partial charge in [0.05, 0.1) is 10.8 Å². The highest BCUT2D eigenvalue weighted by molar-refractivity contribution is 7.80. The lowest BCUT2D eigenvalue weighted by molar-refractivity contribution is -0.148. The lowest BCUT2D eigenvalue weighted by Crippen LogP contribution is -2.44. The van der Waals surface area contributed by atoms with E-state index in [-0.39, 0.29) is 0 Å². The molecule has 10 heteroatoms. The number of aliphatic carboxylic acids is 2. The maximum atomic E-state index is 11.0. The van der Waals surface area contributed by atoms with Gasteiger partial charge >= 0.3 is 11.9 Å². The van der Waals surface area contributed by atoms with Crippen molar-refractivity contribution in [3.8, 4) is 0 Å². The van der Waals surface area contributed by atoms with E-state index in [1.807, 2.05) is 0 Å². The predicted molar refractivity (Wildman–Crippen MR) is 109 cm³/mol. The van der Waals surface area contributed by atoms with E-state index >= 15 is 0 Å². The average molecular weight is 407 g/mol. The number of rotatable bonds is 11. The van der Waals surface area contributed by atoms with Gasteiger partial charge in [0.25, 0.3) is 0 Å². The summed E-state index contributed by atoms with van der Waals surface area (Å²) in [6.07, 6.45) is 0.923. The van der Waals surface area contributed by atoms with Gasteiger partial charge in [-0.05, 0) is 65.0 Å². The smallest absolute Gasteiger partial charge is 0.309 e. The Balaban J connectivity index is 3.79. The average Bonchev–Trinajstić information content (AvgIpc) is 2.50. The van der Waals surface area contributed by atoms with Crippen molar-refractivity contribution in [1.82, 2.24) is 21.3 Å². The van der Waals surface area contributed by atoms with E-state index in [0.717, 1.165) is 0 Å². The molecule has 0 rings (SSSR count). The molecule has 0 saturated heterocycles. The largest absolute Gasteiger partial charge is 0.481 e. The first-order valence-corrected chi connectivity index (χ1v) is 9.20. The third-order valence-electron chi connectivity index (χ3n) is 3.93. The molecule has 8 nitrogen and oxygen atoms in total. The summed E-state index contributed by atoms with van der Waals surface area (Å²) in [6, 6.07) is 0. The summed E-state index contributed by atoms with van der Waals surface area (Å²) in [4.78, 5) is 22.0. The number of carboxylic acids is 2. The molecule has 0 fully saturated rings. The predicted octanol–water partition coefficient (Wildman–Crippen LogP) is 0.916. The van der Waals surface area contributed by atoms with Crippen LogP contribution < -0.4 is 21.3 Å². The number of carbonyl (C=O) groups is 2. The van der Waals surface area contributed by atoms with Gasteiger partial charge in [-0.2, -0.15) is 0 Å². The van der Waals surface area contributed by atoms with Gasteiger partial charge in [0.1, 0.15) is 0 Å². The fourth-order valence-electron chi connectivity index (χ4n) is 1.67. The van der Waals surface area contributed by atoms with E-state index in [1.165, 1.54) is 0 Å². The molecular weight excluding hydrogens is 376 g/mol. The molecule has 0 unspecified atom stereocenters. The van der Waals surface area contributed by atoms with Crippen LogP contribution in [0.1, 0.15) is 40.5 Å². The second kappa shape index (κ2) is 11.1. The lowest BCUT2D eigenvalue weighted by atomic mass is 9.90. The van der Waals surface area contributed by atoms with Crippen LogP contribution in [0.2, 0.25) is 0 Å². The molecule has 0 aliphatic carbocycles. The molecule has 0 aromatic heterocycles. The second-order valence-corrected chi connectivity index (χ2v) is 8.06. The fraction of sp³-hybridized carbons (Fsp3) is 0.750. The molecule has 0 atom stereocenters. The summed E-state index contributed by atoms with van der Waals surface area (Å²) in [7, 11) is 0. The van der Waals surface area contributed by atoms with Crippen molar-refractivity contribution in [2.24, 2.45) is 10.8 Å². The maximum absolute atomic E-state index is 11.0. The van der Waals surface area contributed by atoms with Crippen molar-refractivity contribution in [2.75, 3.05) is 26.2 Å².